The summed E-state index contributed by atoms with van der Waals surface area (Å²) in [5.41, 5.74) is 4.06. The summed E-state index contributed by atoms with van der Waals surface area (Å²) in [6, 6.07) is 15.7. The molecule has 0 spiro atoms. The minimum absolute atomic E-state index is 0.277. The molecule has 2 heterocycles. The summed E-state index contributed by atoms with van der Waals surface area (Å²) in [6.07, 6.45) is 3.07. The van der Waals surface area contributed by atoms with Crippen molar-refractivity contribution in [3.63, 3.8) is 0 Å². The number of hydrogen-bond acceptors (Lipinski definition) is 5. The van der Waals surface area contributed by atoms with Crippen LogP contribution in [0, 0.1) is 0 Å². The molecule has 0 saturated heterocycles. The Morgan fingerprint density at radius 3 is 2.73 bits per heavy atom. The number of anilines is 1. The van der Waals surface area contributed by atoms with Crippen LogP contribution < -0.4 is 10.6 Å². The number of benzene rings is 2. The Morgan fingerprint density at radius 1 is 1.17 bits per heavy atom. The van der Waals surface area contributed by atoms with Crippen molar-refractivity contribution < 1.29 is 9.90 Å². The van der Waals surface area contributed by atoms with Gasteiger partial charge in [0.2, 0.25) is 0 Å². The molecule has 0 bridgehead atoms. The number of carbonyl (C=O) groups is 1. The van der Waals surface area contributed by atoms with E-state index in [0.717, 1.165) is 22.0 Å². The van der Waals surface area contributed by atoms with Crippen LogP contribution in [0.2, 0.25) is 0 Å². The molecule has 2 aromatic heterocycles. The smallest absolute Gasteiger partial charge is 0.276 e. The van der Waals surface area contributed by atoms with Gasteiger partial charge in [-0.05, 0) is 24.1 Å². The Bertz CT molecular complexity index is 1130. The molecule has 30 heavy (non-hydrogen) atoms. The lowest BCUT2D eigenvalue weighted by Gasteiger charge is -2.08. The van der Waals surface area contributed by atoms with Gasteiger partial charge in [-0.1, -0.05) is 42.5 Å². The first-order chi connectivity index (χ1) is 14.6. The molecule has 0 aliphatic carbocycles. The van der Waals surface area contributed by atoms with Crippen molar-refractivity contribution in [2.75, 3.05) is 11.9 Å². The van der Waals surface area contributed by atoms with Crippen LogP contribution in [-0.4, -0.2) is 43.6 Å². The van der Waals surface area contributed by atoms with Crippen LogP contribution in [0.3, 0.4) is 0 Å². The summed E-state index contributed by atoms with van der Waals surface area (Å²) in [4.78, 5) is 12.6. The summed E-state index contributed by atoms with van der Waals surface area (Å²) in [7, 11) is 0. The fraction of sp³-hybridized carbons (Fsp3) is 0.227. The Hall–Kier alpha value is -3.49. The van der Waals surface area contributed by atoms with Crippen LogP contribution in [-0.2, 0) is 13.1 Å². The SMILES string of the molecule is CC(O)CNCc1ccc(Cn2cc(NC(=O)c3n[nH]c4ccccc34)cn2)cc1. The molecule has 0 aliphatic rings. The molecule has 0 saturated carbocycles. The van der Waals surface area contributed by atoms with Gasteiger partial charge in [-0.15, -0.1) is 0 Å². The number of hydrogen-bond donors (Lipinski definition) is 4. The third-order valence-electron chi connectivity index (χ3n) is 4.71. The van der Waals surface area contributed by atoms with E-state index in [9.17, 15) is 9.90 Å². The van der Waals surface area contributed by atoms with Crippen LogP contribution in [0.5, 0.6) is 0 Å². The fourth-order valence-electron chi connectivity index (χ4n) is 3.22. The zero-order valence-corrected chi connectivity index (χ0v) is 16.7. The van der Waals surface area contributed by atoms with Crippen LogP contribution in [0.25, 0.3) is 10.9 Å². The van der Waals surface area contributed by atoms with E-state index in [4.69, 9.17) is 0 Å². The highest BCUT2D eigenvalue weighted by Gasteiger charge is 2.14. The highest BCUT2D eigenvalue weighted by atomic mass is 16.3. The van der Waals surface area contributed by atoms with Crippen LogP contribution in [0.15, 0.2) is 60.9 Å². The summed E-state index contributed by atoms with van der Waals surface area (Å²) < 4.78 is 1.78. The molecule has 1 unspecified atom stereocenters. The minimum atomic E-state index is -0.356. The van der Waals surface area contributed by atoms with Crippen LogP contribution in [0.1, 0.15) is 28.5 Å². The highest BCUT2D eigenvalue weighted by molar-refractivity contribution is 6.10. The molecule has 0 fully saturated rings. The second-order valence-corrected chi connectivity index (χ2v) is 7.29. The van der Waals surface area contributed by atoms with E-state index in [-0.39, 0.29) is 12.0 Å². The molecule has 1 amide bonds. The van der Waals surface area contributed by atoms with E-state index in [1.54, 1.807) is 24.0 Å². The van der Waals surface area contributed by atoms with Crippen molar-refractivity contribution in [2.24, 2.45) is 0 Å². The third kappa shape index (κ3) is 4.73. The molecule has 8 nitrogen and oxygen atoms in total. The normalized spacial score (nSPS) is 12.2. The quantitative estimate of drug-likeness (QED) is 0.361. The Balaban J connectivity index is 1.35. The molecular weight excluding hydrogens is 380 g/mol. The molecule has 8 heteroatoms. The second-order valence-electron chi connectivity index (χ2n) is 7.29. The largest absolute Gasteiger partial charge is 0.392 e. The van der Waals surface area contributed by atoms with Gasteiger partial charge in [0.25, 0.3) is 5.91 Å². The Morgan fingerprint density at radius 2 is 1.93 bits per heavy atom. The number of nitrogens with zero attached hydrogens (tertiary/aromatic N) is 3. The average molecular weight is 404 g/mol. The molecule has 154 valence electrons. The lowest BCUT2D eigenvalue weighted by molar-refractivity contribution is 0.102. The van der Waals surface area contributed by atoms with Crippen molar-refractivity contribution in [2.45, 2.75) is 26.1 Å². The number of nitrogens with one attached hydrogen (secondary N) is 3. The molecule has 2 aromatic carbocycles. The predicted molar refractivity (Wildman–Crippen MR) is 115 cm³/mol. The van der Waals surface area contributed by atoms with E-state index in [0.29, 0.717) is 31.0 Å². The van der Waals surface area contributed by atoms with Gasteiger partial charge in [0, 0.05) is 24.7 Å². The first-order valence-corrected chi connectivity index (χ1v) is 9.82. The molecular formula is C22H24N6O2. The lowest BCUT2D eigenvalue weighted by atomic mass is 10.1. The molecule has 4 rings (SSSR count). The van der Waals surface area contributed by atoms with E-state index < -0.39 is 0 Å². The number of para-hydroxylation sites is 1. The number of fused-ring (bicyclic) bond motifs is 1. The topological polar surface area (TPSA) is 108 Å². The molecule has 4 aromatic rings. The molecule has 0 radical (unpaired) electrons. The summed E-state index contributed by atoms with van der Waals surface area (Å²) >= 11 is 0. The number of aromatic nitrogens is 4. The zero-order valence-electron chi connectivity index (χ0n) is 16.7. The molecule has 0 aliphatic heterocycles. The van der Waals surface area contributed by atoms with Crippen LogP contribution >= 0.6 is 0 Å². The van der Waals surface area contributed by atoms with Gasteiger partial charge < -0.3 is 15.7 Å². The van der Waals surface area contributed by atoms with Crippen molar-refractivity contribution in [1.82, 2.24) is 25.3 Å². The van der Waals surface area contributed by atoms with Gasteiger partial charge in [-0.3, -0.25) is 14.6 Å². The Labute approximate surface area is 173 Å². The number of aromatic amines is 1. The van der Waals surface area contributed by atoms with Gasteiger partial charge >= 0.3 is 0 Å². The summed E-state index contributed by atoms with van der Waals surface area (Å²) in [5, 5.41) is 27.4. The monoisotopic (exact) mass is 404 g/mol. The van der Waals surface area contributed by atoms with Crippen LogP contribution in [0.4, 0.5) is 5.69 Å². The van der Waals surface area contributed by atoms with Crippen molar-refractivity contribution in [1.29, 1.82) is 0 Å². The first-order valence-electron chi connectivity index (χ1n) is 9.82. The number of carbonyl (C=O) groups excluding carboxylic acids is 1. The maximum atomic E-state index is 12.6. The average Bonchev–Trinajstić information content (AvgIpc) is 3.36. The second kappa shape index (κ2) is 8.89. The first kappa shape index (κ1) is 19.8. The number of amides is 1. The number of H-pyrrole nitrogens is 1. The van der Waals surface area contributed by atoms with Gasteiger partial charge in [0.1, 0.15) is 0 Å². The summed E-state index contributed by atoms with van der Waals surface area (Å²) in [5.74, 6) is -0.277. The maximum absolute atomic E-state index is 12.6. The van der Waals surface area contributed by atoms with E-state index in [1.807, 2.05) is 24.3 Å². The van der Waals surface area contributed by atoms with Gasteiger partial charge in [0.05, 0.1) is 30.0 Å². The minimum Gasteiger partial charge on any atom is -0.392 e. The van der Waals surface area contributed by atoms with E-state index in [1.165, 1.54) is 0 Å². The molecule has 4 N–H and O–H groups in total. The molecule has 1 atom stereocenters. The van der Waals surface area contributed by atoms with Crippen molar-refractivity contribution >= 4 is 22.5 Å². The zero-order chi connectivity index (χ0) is 20.9. The van der Waals surface area contributed by atoms with E-state index in [2.05, 4.69) is 50.2 Å². The van der Waals surface area contributed by atoms with Gasteiger partial charge in [-0.2, -0.15) is 10.2 Å². The third-order valence-corrected chi connectivity index (χ3v) is 4.71. The van der Waals surface area contributed by atoms with Gasteiger partial charge in [0.15, 0.2) is 5.69 Å². The lowest BCUT2D eigenvalue weighted by Crippen LogP contribution is -2.23. The van der Waals surface area contributed by atoms with Crippen molar-refractivity contribution in [3.05, 3.63) is 77.7 Å². The number of aliphatic hydroxyl groups is 1. The van der Waals surface area contributed by atoms with Gasteiger partial charge in [-0.25, -0.2) is 0 Å². The summed E-state index contributed by atoms with van der Waals surface area (Å²) in [6.45, 7) is 3.64. The maximum Gasteiger partial charge on any atom is 0.276 e. The Kier molecular flexibility index (Phi) is 5.87. The highest BCUT2D eigenvalue weighted by Crippen LogP contribution is 2.17. The number of aliphatic hydroxyl groups excluding tert-OH is 1. The van der Waals surface area contributed by atoms with Crippen molar-refractivity contribution in [3.8, 4) is 0 Å². The van der Waals surface area contributed by atoms with E-state index >= 15 is 0 Å². The fourth-order valence-corrected chi connectivity index (χ4v) is 3.22. The predicted octanol–water partition coefficient (Wildman–Crippen LogP) is 2.53. The number of rotatable bonds is 8. The standard InChI is InChI=1S/C22H24N6O2/c1-15(29)10-23-11-16-6-8-17(9-7-16)13-28-14-18(12-24-28)25-22(30)21-19-4-2-3-5-20(19)26-27-21/h2-9,12,14-15,23,29H,10-11,13H2,1H3,(H,25,30)(H,26,27).